The van der Waals surface area contributed by atoms with Crippen LogP contribution in [0.5, 0.6) is 0 Å². The van der Waals surface area contributed by atoms with Crippen LogP contribution in [0.3, 0.4) is 0 Å². The first kappa shape index (κ1) is 22.3. The molecule has 0 fully saturated rings. The van der Waals surface area contributed by atoms with Crippen LogP contribution in [0.25, 0.3) is 32.0 Å². The summed E-state index contributed by atoms with van der Waals surface area (Å²) in [7, 11) is 3.90. The van der Waals surface area contributed by atoms with Crippen molar-refractivity contribution in [3.05, 3.63) is 81.7 Å². The zero-order chi connectivity index (χ0) is 24.0. The molecule has 0 spiro atoms. The average Bonchev–Trinajstić information content (AvgIpc) is 3.22. The van der Waals surface area contributed by atoms with E-state index >= 15 is 0 Å². The molecule has 0 aliphatic rings. The van der Waals surface area contributed by atoms with Crippen LogP contribution in [0, 0.1) is 13.8 Å². The molecule has 0 saturated carbocycles. The van der Waals surface area contributed by atoms with Gasteiger partial charge in [-0.2, -0.15) is 0 Å². The lowest BCUT2D eigenvalue weighted by Gasteiger charge is -2.21. The highest BCUT2D eigenvalue weighted by Crippen LogP contribution is 2.33. The highest BCUT2D eigenvalue weighted by molar-refractivity contribution is 7.22. The molecular formula is C27H25N3O3S. The Hall–Kier alpha value is -3.55. The van der Waals surface area contributed by atoms with Crippen LogP contribution in [0.1, 0.15) is 21.5 Å². The van der Waals surface area contributed by atoms with Gasteiger partial charge in [-0.05, 0) is 68.0 Å². The van der Waals surface area contributed by atoms with E-state index in [-0.39, 0.29) is 5.56 Å². The van der Waals surface area contributed by atoms with E-state index in [1.165, 1.54) is 11.3 Å². The predicted octanol–water partition coefficient (Wildman–Crippen LogP) is 5.38. The summed E-state index contributed by atoms with van der Waals surface area (Å²) in [5.41, 5.74) is 2.92. The second kappa shape index (κ2) is 8.66. The Labute approximate surface area is 201 Å². The number of carbonyl (C=O) groups is 1. The molecule has 0 aliphatic heterocycles. The van der Waals surface area contributed by atoms with E-state index in [9.17, 15) is 9.59 Å². The van der Waals surface area contributed by atoms with Crippen molar-refractivity contribution >= 4 is 54.3 Å². The molecule has 0 bridgehead atoms. The predicted molar refractivity (Wildman–Crippen MR) is 139 cm³/mol. The Kier molecular flexibility index (Phi) is 5.67. The monoisotopic (exact) mass is 471 g/mol. The smallest absolute Gasteiger partial charge is 0.349 e. The van der Waals surface area contributed by atoms with E-state index in [0.717, 1.165) is 37.5 Å². The molecule has 6 nitrogen and oxygen atoms in total. The van der Waals surface area contributed by atoms with Gasteiger partial charge in [0, 0.05) is 18.5 Å². The lowest BCUT2D eigenvalue weighted by atomic mass is 10.0. The van der Waals surface area contributed by atoms with Crippen molar-refractivity contribution in [2.24, 2.45) is 0 Å². The van der Waals surface area contributed by atoms with Crippen molar-refractivity contribution in [3.63, 3.8) is 0 Å². The van der Waals surface area contributed by atoms with Gasteiger partial charge in [-0.15, -0.1) is 0 Å². The zero-order valence-electron chi connectivity index (χ0n) is 19.6. The molecule has 0 atom stereocenters. The van der Waals surface area contributed by atoms with Gasteiger partial charge in [0.15, 0.2) is 5.13 Å². The Morgan fingerprint density at radius 3 is 2.59 bits per heavy atom. The molecule has 0 aliphatic carbocycles. The lowest BCUT2D eigenvalue weighted by Crippen LogP contribution is -2.38. The standard InChI is InChI=1S/C27H25N3O3S/c1-16-13-17(2)24-23(14-16)34-27(28-24)30(12-11-29(3)4)25(31)21-15-20-19-8-6-5-7-18(19)9-10-22(20)33-26(21)32/h5-10,13-15H,11-12H2,1-4H3. The fourth-order valence-electron chi connectivity index (χ4n) is 4.22. The summed E-state index contributed by atoms with van der Waals surface area (Å²) in [4.78, 5) is 35.1. The van der Waals surface area contributed by atoms with Gasteiger partial charge in [-0.3, -0.25) is 9.69 Å². The molecule has 34 heavy (non-hydrogen) atoms. The van der Waals surface area contributed by atoms with Gasteiger partial charge in [0.1, 0.15) is 11.1 Å². The highest BCUT2D eigenvalue weighted by atomic mass is 32.1. The molecule has 2 aromatic heterocycles. The van der Waals surface area contributed by atoms with Crippen LogP contribution in [0.2, 0.25) is 0 Å². The van der Waals surface area contributed by atoms with E-state index in [4.69, 9.17) is 9.40 Å². The summed E-state index contributed by atoms with van der Waals surface area (Å²) in [5, 5.41) is 3.27. The van der Waals surface area contributed by atoms with E-state index in [0.29, 0.717) is 23.8 Å². The molecule has 5 rings (SSSR count). The van der Waals surface area contributed by atoms with Crippen LogP contribution in [-0.2, 0) is 0 Å². The molecule has 2 heterocycles. The van der Waals surface area contributed by atoms with Crippen molar-refractivity contribution < 1.29 is 9.21 Å². The average molecular weight is 472 g/mol. The Morgan fingerprint density at radius 1 is 1.00 bits per heavy atom. The molecule has 172 valence electrons. The fraction of sp³-hybridized carbons (Fsp3) is 0.222. The third kappa shape index (κ3) is 3.97. The summed E-state index contributed by atoms with van der Waals surface area (Å²) in [6, 6.07) is 17.4. The minimum Gasteiger partial charge on any atom is -0.422 e. The number of thiazole rings is 1. The van der Waals surface area contributed by atoms with Gasteiger partial charge in [0.25, 0.3) is 5.91 Å². The number of aryl methyl sites for hydroxylation is 2. The molecular weight excluding hydrogens is 446 g/mol. The van der Waals surface area contributed by atoms with Gasteiger partial charge in [0.05, 0.1) is 10.2 Å². The number of rotatable bonds is 5. The molecule has 7 heteroatoms. The van der Waals surface area contributed by atoms with Crippen molar-refractivity contribution in [3.8, 4) is 0 Å². The van der Waals surface area contributed by atoms with Crippen LogP contribution in [-0.4, -0.2) is 43.0 Å². The Balaban J connectivity index is 1.65. The van der Waals surface area contributed by atoms with Gasteiger partial charge < -0.3 is 9.32 Å². The highest BCUT2D eigenvalue weighted by Gasteiger charge is 2.25. The lowest BCUT2D eigenvalue weighted by molar-refractivity contribution is 0.0982. The normalized spacial score (nSPS) is 11.7. The number of anilines is 1. The molecule has 3 aromatic carbocycles. The first-order valence-electron chi connectivity index (χ1n) is 11.1. The number of nitrogens with zero attached hydrogens (tertiary/aromatic N) is 3. The largest absolute Gasteiger partial charge is 0.422 e. The molecule has 1 amide bonds. The number of hydrogen-bond donors (Lipinski definition) is 0. The van der Waals surface area contributed by atoms with E-state index in [1.807, 2.05) is 63.2 Å². The van der Waals surface area contributed by atoms with Crippen molar-refractivity contribution in [1.82, 2.24) is 9.88 Å². The van der Waals surface area contributed by atoms with Gasteiger partial charge in [0.2, 0.25) is 0 Å². The second-order valence-corrected chi connectivity index (χ2v) is 9.84. The summed E-state index contributed by atoms with van der Waals surface area (Å²) in [5.74, 6) is -0.404. The minimum atomic E-state index is -0.643. The Bertz CT molecular complexity index is 1620. The summed E-state index contributed by atoms with van der Waals surface area (Å²) in [6.07, 6.45) is 0. The summed E-state index contributed by atoms with van der Waals surface area (Å²) in [6.45, 7) is 5.09. The number of fused-ring (bicyclic) bond motifs is 4. The molecule has 0 unspecified atom stereocenters. The minimum absolute atomic E-state index is 0.00904. The van der Waals surface area contributed by atoms with Crippen molar-refractivity contribution in [2.45, 2.75) is 13.8 Å². The van der Waals surface area contributed by atoms with Gasteiger partial charge in [-0.25, -0.2) is 9.78 Å². The number of aromatic nitrogens is 1. The summed E-state index contributed by atoms with van der Waals surface area (Å²) >= 11 is 1.46. The molecule has 0 N–H and O–H groups in total. The maximum Gasteiger partial charge on any atom is 0.349 e. The molecule has 0 saturated heterocycles. The maximum atomic E-state index is 13.8. The van der Waals surface area contributed by atoms with Crippen LogP contribution < -0.4 is 10.5 Å². The number of likely N-dealkylation sites (N-methyl/N-ethyl adjacent to an activating group) is 1. The van der Waals surface area contributed by atoms with E-state index in [2.05, 4.69) is 12.1 Å². The fourth-order valence-corrected chi connectivity index (χ4v) is 5.39. The quantitative estimate of drug-likeness (QED) is 0.254. The maximum absolute atomic E-state index is 13.8. The topological polar surface area (TPSA) is 66.7 Å². The van der Waals surface area contributed by atoms with E-state index < -0.39 is 11.5 Å². The number of hydrogen-bond acceptors (Lipinski definition) is 6. The SMILES string of the molecule is Cc1cc(C)c2nc(N(CCN(C)C)C(=O)c3cc4c(ccc5ccccc54)oc3=O)sc2c1. The van der Waals surface area contributed by atoms with Crippen molar-refractivity contribution in [1.29, 1.82) is 0 Å². The van der Waals surface area contributed by atoms with Crippen LogP contribution in [0.15, 0.2) is 63.8 Å². The first-order valence-corrected chi connectivity index (χ1v) is 11.9. The molecule has 5 aromatic rings. The van der Waals surface area contributed by atoms with Crippen molar-refractivity contribution in [2.75, 3.05) is 32.1 Å². The van der Waals surface area contributed by atoms with Gasteiger partial charge in [-0.1, -0.05) is 47.7 Å². The first-order chi connectivity index (χ1) is 16.3. The van der Waals surface area contributed by atoms with Crippen LogP contribution in [0.4, 0.5) is 5.13 Å². The third-order valence-electron chi connectivity index (χ3n) is 5.94. The zero-order valence-corrected chi connectivity index (χ0v) is 20.4. The molecule has 0 radical (unpaired) electrons. The second-order valence-electron chi connectivity index (χ2n) is 8.83. The number of benzene rings is 3. The van der Waals surface area contributed by atoms with Gasteiger partial charge >= 0.3 is 5.63 Å². The number of carbonyl (C=O) groups excluding carboxylic acids is 1. The van der Waals surface area contributed by atoms with Crippen LogP contribution >= 0.6 is 11.3 Å². The third-order valence-corrected chi connectivity index (χ3v) is 6.96. The summed E-state index contributed by atoms with van der Waals surface area (Å²) < 4.78 is 6.62. The van der Waals surface area contributed by atoms with E-state index in [1.54, 1.807) is 17.0 Å². The number of amides is 1. The Morgan fingerprint density at radius 2 is 1.79 bits per heavy atom.